The number of carbonyl (C=O) groups is 2. The molecule has 0 saturated carbocycles. The Bertz CT molecular complexity index is 701. The predicted molar refractivity (Wildman–Crippen MR) is 77.2 cm³/mol. The fourth-order valence-corrected chi connectivity index (χ4v) is 2.79. The van der Waals surface area contributed by atoms with Gasteiger partial charge in [0.05, 0.1) is 22.9 Å². The fourth-order valence-electron chi connectivity index (χ4n) is 2.79. The Hall–Kier alpha value is -2.37. The highest BCUT2D eigenvalue weighted by Gasteiger charge is 2.25. The van der Waals surface area contributed by atoms with E-state index in [4.69, 9.17) is 5.11 Å². The Morgan fingerprint density at radius 2 is 2.00 bits per heavy atom. The Morgan fingerprint density at radius 3 is 2.67 bits per heavy atom. The van der Waals surface area contributed by atoms with Crippen molar-refractivity contribution in [3.8, 4) is 0 Å². The number of benzene rings is 1. The molecule has 1 N–H and O–H groups in total. The van der Waals surface area contributed by atoms with Crippen molar-refractivity contribution in [3.05, 3.63) is 30.1 Å². The molecule has 1 aliphatic heterocycles. The SMILES string of the molecule is CC(C(=O)N1CCCC1)n1cnc2cc(C(=O)O)ccc21. The molecule has 0 aliphatic carbocycles. The second-order valence-corrected chi connectivity index (χ2v) is 5.37. The summed E-state index contributed by atoms with van der Waals surface area (Å²) in [6.07, 6.45) is 3.73. The number of aromatic carboxylic acids is 1. The topological polar surface area (TPSA) is 75.4 Å². The van der Waals surface area contributed by atoms with Crippen molar-refractivity contribution in [1.82, 2.24) is 14.5 Å². The van der Waals surface area contributed by atoms with Crippen LogP contribution in [0.4, 0.5) is 0 Å². The molecule has 0 spiro atoms. The number of likely N-dealkylation sites (tertiary alicyclic amines) is 1. The summed E-state index contributed by atoms with van der Waals surface area (Å²) >= 11 is 0. The van der Waals surface area contributed by atoms with Crippen molar-refractivity contribution in [2.24, 2.45) is 0 Å². The number of rotatable bonds is 3. The Morgan fingerprint density at radius 1 is 1.29 bits per heavy atom. The molecule has 1 aromatic carbocycles. The largest absolute Gasteiger partial charge is 0.478 e. The van der Waals surface area contributed by atoms with Gasteiger partial charge in [-0.15, -0.1) is 0 Å². The summed E-state index contributed by atoms with van der Waals surface area (Å²) in [5.74, 6) is -0.887. The van der Waals surface area contributed by atoms with Gasteiger partial charge in [-0.25, -0.2) is 9.78 Å². The van der Waals surface area contributed by atoms with Crippen LogP contribution in [0.1, 0.15) is 36.2 Å². The van der Waals surface area contributed by atoms with Gasteiger partial charge in [-0.2, -0.15) is 0 Å². The maximum absolute atomic E-state index is 12.4. The minimum Gasteiger partial charge on any atom is -0.478 e. The first kappa shape index (κ1) is 13.6. The van der Waals surface area contributed by atoms with Crippen LogP contribution in [0.2, 0.25) is 0 Å². The number of hydrogen-bond donors (Lipinski definition) is 1. The van der Waals surface area contributed by atoms with Crippen molar-refractivity contribution >= 4 is 22.9 Å². The van der Waals surface area contributed by atoms with E-state index in [0.29, 0.717) is 5.52 Å². The number of nitrogens with zero attached hydrogens (tertiary/aromatic N) is 3. The molecule has 1 fully saturated rings. The predicted octanol–water partition coefficient (Wildman–Crippen LogP) is 1.92. The number of carboxylic acid groups (broad SMARTS) is 1. The molecule has 6 nitrogen and oxygen atoms in total. The van der Waals surface area contributed by atoms with E-state index < -0.39 is 5.97 Å². The molecule has 21 heavy (non-hydrogen) atoms. The molecule has 110 valence electrons. The monoisotopic (exact) mass is 287 g/mol. The highest BCUT2D eigenvalue weighted by molar-refractivity contribution is 5.93. The molecular weight excluding hydrogens is 270 g/mol. The van der Waals surface area contributed by atoms with E-state index in [1.807, 2.05) is 16.4 Å². The zero-order valence-corrected chi connectivity index (χ0v) is 11.8. The van der Waals surface area contributed by atoms with E-state index in [1.54, 1.807) is 12.4 Å². The number of imidazole rings is 1. The van der Waals surface area contributed by atoms with Gasteiger partial charge in [0.15, 0.2) is 0 Å². The van der Waals surface area contributed by atoms with E-state index in [2.05, 4.69) is 4.98 Å². The van der Waals surface area contributed by atoms with Crippen LogP contribution < -0.4 is 0 Å². The standard InChI is InChI=1S/C15H17N3O3/c1-10(14(19)17-6-2-3-7-17)18-9-16-12-8-11(15(20)21)4-5-13(12)18/h4-5,8-10H,2-3,6-7H2,1H3,(H,20,21). The number of amides is 1. The van der Waals surface area contributed by atoms with Crippen molar-refractivity contribution in [2.45, 2.75) is 25.8 Å². The maximum atomic E-state index is 12.4. The quantitative estimate of drug-likeness (QED) is 0.935. The summed E-state index contributed by atoms with van der Waals surface area (Å²) in [7, 11) is 0. The van der Waals surface area contributed by atoms with Crippen LogP contribution in [0.5, 0.6) is 0 Å². The lowest BCUT2D eigenvalue weighted by atomic mass is 10.2. The van der Waals surface area contributed by atoms with Gasteiger partial charge in [0.2, 0.25) is 5.91 Å². The van der Waals surface area contributed by atoms with Gasteiger partial charge in [0, 0.05) is 13.1 Å². The lowest BCUT2D eigenvalue weighted by molar-refractivity contribution is -0.133. The zero-order chi connectivity index (χ0) is 15.0. The number of hydrogen-bond acceptors (Lipinski definition) is 3. The summed E-state index contributed by atoms with van der Waals surface area (Å²) in [4.78, 5) is 29.5. The van der Waals surface area contributed by atoms with E-state index in [-0.39, 0.29) is 17.5 Å². The number of fused-ring (bicyclic) bond motifs is 1. The van der Waals surface area contributed by atoms with Gasteiger partial charge in [-0.05, 0) is 38.0 Å². The minimum atomic E-state index is -0.979. The average molecular weight is 287 g/mol. The lowest BCUT2D eigenvalue weighted by Crippen LogP contribution is -2.33. The molecule has 1 amide bonds. The van der Waals surface area contributed by atoms with Gasteiger partial charge in [0.25, 0.3) is 0 Å². The summed E-state index contributed by atoms with van der Waals surface area (Å²) in [5, 5.41) is 9.00. The van der Waals surface area contributed by atoms with Crippen LogP contribution in [0.15, 0.2) is 24.5 Å². The molecule has 1 unspecified atom stereocenters. The summed E-state index contributed by atoms with van der Waals surface area (Å²) in [5.41, 5.74) is 1.57. The van der Waals surface area contributed by atoms with Crippen LogP contribution in [-0.2, 0) is 4.79 Å². The molecule has 3 rings (SSSR count). The lowest BCUT2D eigenvalue weighted by Gasteiger charge is -2.21. The minimum absolute atomic E-state index is 0.0918. The first-order valence-corrected chi connectivity index (χ1v) is 7.06. The molecule has 2 aromatic rings. The van der Waals surface area contributed by atoms with Crippen molar-refractivity contribution < 1.29 is 14.7 Å². The van der Waals surface area contributed by atoms with Gasteiger partial charge in [-0.3, -0.25) is 4.79 Å². The number of aromatic nitrogens is 2. The highest BCUT2D eigenvalue weighted by atomic mass is 16.4. The van der Waals surface area contributed by atoms with Crippen molar-refractivity contribution in [1.29, 1.82) is 0 Å². The summed E-state index contributed by atoms with van der Waals surface area (Å²) in [6.45, 7) is 3.49. The van der Waals surface area contributed by atoms with E-state index in [0.717, 1.165) is 31.4 Å². The zero-order valence-electron chi connectivity index (χ0n) is 11.8. The van der Waals surface area contributed by atoms with Crippen molar-refractivity contribution in [2.75, 3.05) is 13.1 Å². The average Bonchev–Trinajstić information content (AvgIpc) is 3.14. The normalized spacial score (nSPS) is 16.3. The molecule has 2 heterocycles. The van der Waals surface area contributed by atoms with Crippen LogP contribution in [-0.4, -0.2) is 44.5 Å². The first-order chi connectivity index (χ1) is 10.1. The maximum Gasteiger partial charge on any atom is 0.335 e. The number of carboxylic acids is 1. The van der Waals surface area contributed by atoms with E-state index >= 15 is 0 Å². The Kier molecular flexibility index (Phi) is 3.37. The molecular formula is C15H17N3O3. The third-order valence-electron chi connectivity index (χ3n) is 4.01. The van der Waals surface area contributed by atoms with E-state index in [1.165, 1.54) is 12.1 Å². The van der Waals surface area contributed by atoms with Crippen molar-refractivity contribution in [3.63, 3.8) is 0 Å². The van der Waals surface area contributed by atoms with Crippen LogP contribution in [0, 0.1) is 0 Å². The summed E-state index contributed by atoms with van der Waals surface area (Å²) < 4.78 is 1.81. The molecule has 0 radical (unpaired) electrons. The number of carbonyl (C=O) groups excluding carboxylic acids is 1. The molecule has 6 heteroatoms. The Labute approximate surface area is 122 Å². The van der Waals surface area contributed by atoms with Gasteiger partial charge in [-0.1, -0.05) is 0 Å². The molecule has 1 aromatic heterocycles. The molecule has 1 aliphatic rings. The molecule has 1 atom stereocenters. The summed E-state index contributed by atoms with van der Waals surface area (Å²) in [6, 6.07) is 4.44. The third-order valence-corrected chi connectivity index (χ3v) is 4.01. The Balaban J connectivity index is 1.93. The van der Waals surface area contributed by atoms with Gasteiger partial charge < -0.3 is 14.6 Å². The fraction of sp³-hybridized carbons (Fsp3) is 0.400. The second-order valence-electron chi connectivity index (χ2n) is 5.37. The van der Waals surface area contributed by atoms with Crippen LogP contribution >= 0.6 is 0 Å². The molecule has 1 saturated heterocycles. The highest BCUT2D eigenvalue weighted by Crippen LogP contribution is 2.22. The van der Waals surface area contributed by atoms with Crippen LogP contribution in [0.3, 0.4) is 0 Å². The third kappa shape index (κ3) is 2.37. The van der Waals surface area contributed by atoms with Gasteiger partial charge >= 0.3 is 5.97 Å². The molecule has 0 bridgehead atoms. The van der Waals surface area contributed by atoms with E-state index in [9.17, 15) is 9.59 Å². The first-order valence-electron chi connectivity index (χ1n) is 7.06. The van der Waals surface area contributed by atoms with Gasteiger partial charge in [0.1, 0.15) is 6.04 Å². The second kappa shape index (κ2) is 5.20. The van der Waals surface area contributed by atoms with Crippen LogP contribution in [0.25, 0.3) is 11.0 Å². The smallest absolute Gasteiger partial charge is 0.335 e.